The number of piperidine rings is 2. The van der Waals surface area contributed by atoms with Crippen LogP contribution in [0.3, 0.4) is 0 Å². The van der Waals surface area contributed by atoms with Crippen molar-refractivity contribution in [3.8, 4) is 0 Å². The first-order valence-electron chi connectivity index (χ1n) is 7.76. The summed E-state index contributed by atoms with van der Waals surface area (Å²) in [6, 6.07) is 1.01. The Morgan fingerprint density at radius 1 is 1.05 bits per heavy atom. The van der Waals surface area contributed by atoms with Crippen LogP contribution in [0.25, 0.3) is 0 Å². The first kappa shape index (κ1) is 16.2. The van der Waals surface area contributed by atoms with Crippen molar-refractivity contribution in [2.24, 2.45) is 5.92 Å². The van der Waals surface area contributed by atoms with E-state index < -0.39 is 10.0 Å². The monoisotopic (exact) mass is 303 g/mol. The molecule has 2 heterocycles. The molecule has 0 radical (unpaired) electrons. The smallest absolute Gasteiger partial charge is 0.211 e. The minimum Gasteiger partial charge on any atom is -0.311 e. The van der Waals surface area contributed by atoms with Crippen LogP contribution in [0.1, 0.15) is 32.6 Å². The molecule has 2 saturated heterocycles. The molecular weight excluding hydrogens is 274 g/mol. The van der Waals surface area contributed by atoms with Crippen molar-refractivity contribution in [2.45, 2.75) is 44.7 Å². The third-order valence-electron chi connectivity index (χ3n) is 4.89. The maximum Gasteiger partial charge on any atom is 0.211 e. The summed E-state index contributed by atoms with van der Waals surface area (Å²) in [6.45, 7) is 6.01. The van der Waals surface area contributed by atoms with E-state index in [2.05, 4.69) is 24.2 Å². The van der Waals surface area contributed by atoms with Gasteiger partial charge < -0.3 is 10.2 Å². The summed E-state index contributed by atoms with van der Waals surface area (Å²) in [7, 11) is -0.815. The van der Waals surface area contributed by atoms with Crippen LogP contribution < -0.4 is 5.32 Å². The Morgan fingerprint density at radius 2 is 1.60 bits per heavy atom. The molecule has 0 amide bonds. The van der Waals surface area contributed by atoms with E-state index in [1.165, 1.54) is 32.2 Å². The molecule has 1 unspecified atom stereocenters. The number of nitrogens with one attached hydrogen (secondary N) is 1. The minimum absolute atomic E-state index is 0.475. The van der Waals surface area contributed by atoms with E-state index in [1.54, 1.807) is 4.31 Å². The van der Waals surface area contributed by atoms with E-state index in [1.807, 2.05) is 0 Å². The highest BCUT2D eigenvalue weighted by Gasteiger charge is 2.28. The topological polar surface area (TPSA) is 52.7 Å². The van der Waals surface area contributed by atoms with Gasteiger partial charge in [0.05, 0.1) is 6.26 Å². The average molecular weight is 303 g/mol. The van der Waals surface area contributed by atoms with Crippen LogP contribution in [-0.2, 0) is 10.0 Å². The molecule has 2 rings (SSSR count). The number of likely N-dealkylation sites (tertiary alicyclic amines) is 1. The zero-order chi connectivity index (χ0) is 14.8. The molecule has 0 bridgehead atoms. The number of hydrogen-bond acceptors (Lipinski definition) is 4. The molecule has 6 heteroatoms. The van der Waals surface area contributed by atoms with Gasteiger partial charge in [0.2, 0.25) is 10.0 Å². The van der Waals surface area contributed by atoms with E-state index in [4.69, 9.17) is 0 Å². The summed E-state index contributed by atoms with van der Waals surface area (Å²) >= 11 is 0. The molecule has 2 fully saturated rings. The van der Waals surface area contributed by atoms with Gasteiger partial charge in [-0.25, -0.2) is 12.7 Å². The summed E-state index contributed by atoms with van der Waals surface area (Å²) < 4.78 is 24.6. The van der Waals surface area contributed by atoms with Gasteiger partial charge in [0, 0.05) is 25.2 Å². The Kier molecular flexibility index (Phi) is 5.45. The van der Waals surface area contributed by atoms with Gasteiger partial charge in [-0.05, 0) is 58.7 Å². The van der Waals surface area contributed by atoms with Crippen molar-refractivity contribution in [1.29, 1.82) is 0 Å². The van der Waals surface area contributed by atoms with Gasteiger partial charge in [-0.3, -0.25) is 0 Å². The largest absolute Gasteiger partial charge is 0.311 e. The summed E-state index contributed by atoms with van der Waals surface area (Å²) in [6.07, 6.45) is 5.72. The second kappa shape index (κ2) is 6.73. The molecule has 0 spiro atoms. The molecule has 118 valence electrons. The van der Waals surface area contributed by atoms with E-state index in [-0.39, 0.29) is 0 Å². The second-order valence-electron chi connectivity index (χ2n) is 6.53. The van der Waals surface area contributed by atoms with Crippen molar-refractivity contribution < 1.29 is 8.42 Å². The Balaban J connectivity index is 1.75. The zero-order valence-corrected chi connectivity index (χ0v) is 13.8. The standard InChI is InChI=1S/C14H29N3O2S/c1-12(13-4-8-16(2)9-5-13)15-14-6-10-17(11-7-14)20(3,18)19/h12-15H,4-11H2,1-3H3. The minimum atomic E-state index is -3.00. The van der Waals surface area contributed by atoms with Gasteiger partial charge in [-0.2, -0.15) is 0 Å². The van der Waals surface area contributed by atoms with Crippen LogP contribution in [0.5, 0.6) is 0 Å². The highest BCUT2D eigenvalue weighted by molar-refractivity contribution is 7.88. The first-order chi connectivity index (χ1) is 9.36. The lowest BCUT2D eigenvalue weighted by Crippen LogP contribution is -2.49. The van der Waals surface area contributed by atoms with Crippen LogP contribution in [0.4, 0.5) is 0 Å². The van der Waals surface area contributed by atoms with E-state index >= 15 is 0 Å². The first-order valence-corrected chi connectivity index (χ1v) is 9.61. The third kappa shape index (κ3) is 4.41. The average Bonchev–Trinajstić information content (AvgIpc) is 2.39. The van der Waals surface area contributed by atoms with Gasteiger partial charge in [0.25, 0.3) is 0 Å². The molecule has 0 aromatic heterocycles. The molecule has 0 aromatic rings. The fourth-order valence-corrected chi connectivity index (χ4v) is 4.26. The van der Waals surface area contributed by atoms with Gasteiger partial charge >= 0.3 is 0 Å². The fraction of sp³-hybridized carbons (Fsp3) is 1.00. The van der Waals surface area contributed by atoms with Crippen molar-refractivity contribution in [3.63, 3.8) is 0 Å². The number of sulfonamides is 1. The van der Waals surface area contributed by atoms with Crippen LogP contribution in [0.2, 0.25) is 0 Å². The summed E-state index contributed by atoms with van der Waals surface area (Å²) in [4.78, 5) is 2.40. The summed E-state index contributed by atoms with van der Waals surface area (Å²) in [5.41, 5.74) is 0. The normalized spacial score (nSPS) is 26.8. The lowest BCUT2D eigenvalue weighted by atomic mass is 9.89. The number of rotatable bonds is 4. The maximum atomic E-state index is 11.5. The SMILES string of the molecule is CC(NC1CCN(S(C)(=O)=O)CC1)C1CCN(C)CC1. The van der Waals surface area contributed by atoms with Crippen LogP contribution in [0.15, 0.2) is 0 Å². The van der Waals surface area contributed by atoms with Crippen molar-refractivity contribution in [1.82, 2.24) is 14.5 Å². The Bertz CT molecular complexity index is 397. The van der Waals surface area contributed by atoms with Gasteiger partial charge in [-0.1, -0.05) is 0 Å². The van der Waals surface area contributed by atoms with E-state index in [0.29, 0.717) is 25.2 Å². The molecule has 2 aliphatic rings. The molecule has 0 aromatic carbocycles. The molecule has 5 nitrogen and oxygen atoms in total. The summed E-state index contributed by atoms with van der Waals surface area (Å²) in [5, 5.41) is 3.74. The van der Waals surface area contributed by atoms with Gasteiger partial charge in [0.1, 0.15) is 0 Å². The molecular formula is C14H29N3O2S. The van der Waals surface area contributed by atoms with Crippen molar-refractivity contribution >= 4 is 10.0 Å². The molecule has 20 heavy (non-hydrogen) atoms. The molecule has 2 aliphatic heterocycles. The highest BCUT2D eigenvalue weighted by atomic mass is 32.2. The number of hydrogen-bond donors (Lipinski definition) is 1. The predicted molar refractivity (Wildman–Crippen MR) is 82.3 cm³/mol. The lowest BCUT2D eigenvalue weighted by molar-refractivity contribution is 0.174. The fourth-order valence-electron chi connectivity index (χ4n) is 3.39. The van der Waals surface area contributed by atoms with Gasteiger partial charge in [-0.15, -0.1) is 0 Å². The Hall–Kier alpha value is -0.170. The van der Waals surface area contributed by atoms with Crippen LogP contribution in [-0.4, -0.2) is 69.2 Å². The zero-order valence-electron chi connectivity index (χ0n) is 13.0. The lowest BCUT2D eigenvalue weighted by Gasteiger charge is -2.37. The van der Waals surface area contributed by atoms with Crippen LogP contribution >= 0.6 is 0 Å². The molecule has 0 aliphatic carbocycles. The van der Waals surface area contributed by atoms with Crippen molar-refractivity contribution in [3.05, 3.63) is 0 Å². The molecule has 1 atom stereocenters. The van der Waals surface area contributed by atoms with Crippen LogP contribution in [0, 0.1) is 5.92 Å². The highest BCUT2D eigenvalue weighted by Crippen LogP contribution is 2.21. The van der Waals surface area contributed by atoms with Crippen molar-refractivity contribution in [2.75, 3.05) is 39.5 Å². The predicted octanol–water partition coefficient (Wildman–Crippen LogP) is 0.730. The Morgan fingerprint density at radius 3 is 2.10 bits per heavy atom. The second-order valence-corrected chi connectivity index (χ2v) is 8.51. The maximum absolute atomic E-state index is 11.5. The molecule has 0 saturated carbocycles. The van der Waals surface area contributed by atoms with E-state index in [0.717, 1.165) is 18.8 Å². The van der Waals surface area contributed by atoms with E-state index in [9.17, 15) is 8.42 Å². The number of nitrogens with zero attached hydrogens (tertiary/aromatic N) is 2. The third-order valence-corrected chi connectivity index (χ3v) is 6.20. The molecule has 1 N–H and O–H groups in total. The summed E-state index contributed by atoms with van der Waals surface area (Å²) in [5.74, 6) is 0.763. The quantitative estimate of drug-likeness (QED) is 0.832. The Labute approximate surface area is 123 Å². The van der Waals surface area contributed by atoms with Gasteiger partial charge in [0.15, 0.2) is 0 Å².